The van der Waals surface area contributed by atoms with E-state index < -0.39 is 0 Å². The van der Waals surface area contributed by atoms with Crippen LogP contribution >= 0.6 is 0 Å². The van der Waals surface area contributed by atoms with Gasteiger partial charge in [0.1, 0.15) is 0 Å². The van der Waals surface area contributed by atoms with Crippen molar-refractivity contribution in [3.63, 3.8) is 0 Å². The normalized spacial score (nSPS) is 25.5. The Balaban J connectivity index is 2.29. The number of hydrogen-bond donors (Lipinski definition) is 0. The summed E-state index contributed by atoms with van der Waals surface area (Å²) >= 11 is 0. The molecule has 60 valence electrons. The van der Waals surface area contributed by atoms with Gasteiger partial charge in [-0.25, -0.2) is 0 Å². The third-order valence-electron chi connectivity index (χ3n) is 2.41. The Morgan fingerprint density at radius 1 is 1.40 bits per heavy atom. The summed E-state index contributed by atoms with van der Waals surface area (Å²) in [7, 11) is 2.18. The molecule has 1 fully saturated rings. The van der Waals surface area contributed by atoms with Crippen LogP contribution in [0.15, 0.2) is 0 Å². The lowest BCUT2D eigenvalue weighted by Gasteiger charge is -2.21. The van der Waals surface area contributed by atoms with Crippen LogP contribution in [0.5, 0.6) is 0 Å². The van der Waals surface area contributed by atoms with Gasteiger partial charge in [-0.05, 0) is 20.4 Å². The molecule has 0 saturated carbocycles. The van der Waals surface area contributed by atoms with Crippen molar-refractivity contribution in [2.45, 2.75) is 26.3 Å². The zero-order valence-electron chi connectivity index (χ0n) is 7.30. The predicted molar refractivity (Wildman–Crippen MR) is 44.0 cm³/mol. The fraction of sp³-hybridized carbons (Fsp3) is 1.00. The van der Waals surface area contributed by atoms with Crippen LogP contribution in [-0.2, 0) is 0 Å². The van der Waals surface area contributed by atoms with Crippen molar-refractivity contribution in [3.05, 3.63) is 0 Å². The highest BCUT2D eigenvalue weighted by Crippen LogP contribution is 2.08. The van der Waals surface area contributed by atoms with Crippen LogP contribution in [0.4, 0.5) is 0 Å². The summed E-state index contributed by atoms with van der Waals surface area (Å²) in [6.45, 7) is 8.22. The molecule has 0 aromatic heterocycles. The lowest BCUT2D eigenvalue weighted by atomic mass is 10.2. The molecule has 1 aliphatic heterocycles. The molecule has 0 bridgehead atoms. The van der Waals surface area contributed by atoms with Gasteiger partial charge in [0.05, 0.1) is 6.67 Å². The van der Waals surface area contributed by atoms with E-state index in [2.05, 4.69) is 30.7 Å². The van der Waals surface area contributed by atoms with Gasteiger partial charge in [-0.3, -0.25) is 9.80 Å². The molecule has 2 nitrogen and oxygen atoms in total. The second-order valence-electron chi connectivity index (χ2n) is 3.29. The quantitative estimate of drug-likeness (QED) is 0.567. The maximum atomic E-state index is 2.53. The minimum Gasteiger partial charge on any atom is -0.292 e. The molecule has 1 saturated heterocycles. The summed E-state index contributed by atoms with van der Waals surface area (Å²) in [5, 5.41) is 0. The first-order chi connectivity index (χ1) is 4.74. The number of nitrogens with zero attached hydrogens (tertiary/aromatic N) is 2. The second-order valence-corrected chi connectivity index (χ2v) is 3.29. The highest BCUT2D eigenvalue weighted by molar-refractivity contribution is 4.72. The topological polar surface area (TPSA) is 6.48 Å². The van der Waals surface area contributed by atoms with Crippen molar-refractivity contribution in [2.24, 2.45) is 0 Å². The Kier molecular flexibility index (Phi) is 2.69. The monoisotopic (exact) mass is 142 g/mol. The molecule has 1 unspecified atom stereocenters. The Labute approximate surface area is 63.8 Å². The number of likely N-dealkylation sites (N-methyl/N-ethyl adjacent to an activating group) is 1. The van der Waals surface area contributed by atoms with Crippen LogP contribution in [0, 0.1) is 0 Å². The fourth-order valence-electron chi connectivity index (χ4n) is 1.37. The first kappa shape index (κ1) is 8.02. The van der Waals surface area contributed by atoms with Gasteiger partial charge in [-0.15, -0.1) is 0 Å². The molecule has 1 atom stereocenters. The van der Waals surface area contributed by atoms with E-state index in [0.29, 0.717) is 0 Å². The van der Waals surface area contributed by atoms with E-state index in [4.69, 9.17) is 0 Å². The molecule has 0 aliphatic carbocycles. The zero-order chi connectivity index (χ0) is 7.56. The van der Waals surface area contributed by atoms with E-state index in [9.17, 15) is 0 Å². The van der Waals surface area contributed by atoms with Gasteiger partial charge in [0.2, 0.25) is 0 Å². The van der Waals surface area contributed by atoms with E-state index in [-0.39, 0.29) is 0 Å². The van der Waals surface area contributed by atoms with Gasteiger partial charge in [0.25, 0.3) is 0 Å². The molecule has 0 N–H and O–H groups in total. The summed E-state index contributed by atoms with van der Waals surface area (Å²) in [6.07, 6.45) is 1.27. The summed E-state index contributed by atoms with van der Waals surface area (Å²) in [6, 6.07) is 0.768. The Hall–Kier alpha value is -0.0800. The van der Waals surface area contributed by atoms with Crippen molar-refractivity contribution in [1.82, 2.24) is 9.80 Å². The van der Waals surface area contributed by atoms with Crippen LogP contribution in [-0.4, -0.2) is 42.6 Å². The van der Waals surface area contributed by atoms with Crippen LogP contribution < -0.4 is 0 Å². The molecule has 0 radical (unpaired) electrons. The summed E-state index contributed by atoms with van der Waals surface area (Å²) in [5.74, 6) is 0. The first-order valence-corrected chi connectivity index (χ1v) is 4.16. The van der Waals surface area contributed by atoms with Gasteiger partial charge in [-0.1, -0.05) is 6.92 Å². The maximum absolute atomic E-state index is 2.53. The Bertz CT molecular complexity index is 103. The van der Waals surface area contributed by atoms with Crippen LogP contribution in [0.25, 0.3) is 0 Å². The molecular formula is C8H18N2. The summed E-state index contributed by atoms with van der Waals surface area (Å²) < 4.78 is 0. The average Bonchev–Trinajstić information content (AvgIpc) is 2.34. The molecule has 1 heterocycles. The smallest absolute Gasteiger partial charge is 0.0507 e. The van der Waals surface area contributed by atoms with Crippen molar-refractivity contribution < 1.29 is 0 Å². The van der Waals surface area contributed by atoms with Gasteiger partial charge in [0, 0.05) is 19.1 Å². The van der Waals surface area contributed by atoms with Gasteiger partial charge in [-0.2, -0.15) is 0 Å². The van der Waals surface area contributed by atoms with E-state index in [1.165, 1.54) is 19.5 Å². The van der Waals surface area contributed by atoms with Gasteiger partial charge < -0.3 is 0 Å². The molecule has 1 aliphatic rings. The van der Waals surface area contributed by atoms with E-state index in [0.717, 1.165) is 12.7 Å². The lowest BCUT2D eigenvalue weighted by Crippen LogP contribution is -2.31. The first-order valence-electron chi connectivity index (χ1n) is 4.16. The molecule has 2 heteroatoms. The summed E-state index contributed by atoms with van der Waals surface area (Å²) in [5.41, 5.74) is 0. The van der Waals surface area contributed by atoms with E-state index >= 15 is 0 Å². The zero-order valence-corrected chi connectivity index (χ0v) is 7.30. The fourth-order valence-corrected chi connectivity index (χ4v) is 1.37. The molecule has 0 spiro atoms. The molecule has 0 amide bonds. The minimum atomic E-state index is 0.768. The third-order valence-corrected chi connectivity index (χ3v) is 2.41. The highest BCUT2D eigenvalue weighted by atomic mass is 15.4. The highest BCUT2D eigenvalue weighted by Gasteiger charge is 2.19. The SMILES string of the molecule is CCC(C)N1CCN(C)C1. The maximum Gasteiger partial charge on any atom is 0.0507 e. The standard InChI is InChI=1S/C8H18N2/c1-4-8(2)10-6-5-9(3)7-10/h8H,4-7H2,1-3H3. The predicted octanol–water partition coefficient (Wildman–Crippen LogP) is 0.990. The average molecular weight is 142 g/mol. The number of hydrogen-bond acceptors (Lipinski definition) is 2. The Morgan fingerprint density at radius 2 is 2.10 bits per heavy atom. The molecule has 1 rings (SSSR count). The van der Waals surface area contributed by atoms with E-state index in [1.807, 2.05) is 0 Å². The molecule has 0 aromatic rings. The van der Waals surface area contributed by atoms with Crippen molar-refractivity contribution in [1.29, 1.82) is 0 Å². The lowest BCUT2D eigenvalue weighted by molar-refractivity contribution is 0.214. The Morgan fingerprint density at radius 3 is 2.50 bits per heavy atom. The second kappa shape index (κ2) is 3.35. The summed E-state index contributed by atoms with van der Waals surface area (Å²) in [4.78, 5) is 4.89. The molecular weight excluding hydrogens is 124 g/mol. The number of rotatable bonds is 2. The van der Waals surface area contributed by atoms with E-state index in [1.54, 1.807) is 0 Å². The van der Waals surface area contributed by atoms with Crippen LogP contribution in [0.2, 0.25) is 0 Å². The minimum absolute atomic E-state index is 0.768. The van der Waals surface area contributed by atoms with Gasteiger partial charge >= 0.3 is 0 Å². The molecule has 10 heavy (non-hydrogen) atoms. The van der Waals surface area contributed by atoms with Crippen LogP contribution in [0.1, 0.15) is 20.3 Å². The van der Waals surface area contributed by atoms with Crippen molar-refractivity contribution >= 4 is 0 Å². The largest absolute Gasteiger partial charge is 0.292 e. The van der Waals surface area contributed by atoms with Crippen molar-refractivity contribution in [3.8, 4) is 0 Å². The van der Waals surface area contributed by atoms with Crippen LogP contribution in [0.3, 0.4) is 0 Å². The van der Waals surface area contributed by atoms with Crippen molar-refractivity contribution in [2.75, 3.05) is 26.8 Å². The van der Waals surface area contributed by atoms with Gasteiger partial charge in [0.15, 0.2) is 0 Å². The third kappa shape index (κ3) is 1.70. The molecule has 0 aromatic carbocycles.